The van der Waals surface area contributed by atoms with E-state index in [4.69, 9.17) is 0 Å². The van der Waals surface area contributed by atoms with Gasteiger partial charge in [-0.1, -0.05) is 36.4 Å². The maximum atomic E-state index is 11.7. The zero-order valence-electron chi connectivity index (χ0n) is 15.5. The van der Waals surface area contributed by atoms with Gasteiger partial charge in [-0.05, 0) is 35.4 Å². The summed E-state index contributed by atoms with van der Waals surface area (Å²) >= 11 is 0. The summed E-state index contributed by atoms with van der Waals surface area (Å²) in [6.45, 7) is 0. The molecule has 2 aromatic heterocycles. The average Bonchev–Trinajstić information content (AvgIpc) is 3.03. The van der Waals surface area contributed by atoms with Crippen LogP contribution in [0.1, 0.15) is 10.4 Å². The lowest BCUT2D eigenvalue weighted by molar-refractivity contribution is 0.112. The van der Waals surface area contributed by atoms with Crippen LogP contribution in [0.15, 0.2) is 71.8 Å². The number of pyridine rings is 1. The second kappa shape index (κ2) is 6.73. The Hall–Kier alpha value is -3.25. The average molecular weight is 390 g/mol. The molecule has 0 saturated carbocycles. The van der Waals surface area contributed by atoms with E-state index in [1.165, 1.54) is 6.26 Å². The van der Waals surface area contributed by atoms with Crippen molar-refractivity contribution >= 4 is 27.2 Å². The standard InChI is InChI=1S/C22H18N2O3S/c1-24-21(17-7-9-19(10-8-17)28(2,26)27)12-20-22(24)11-18(13-23-20)16-5-3-15(14-25)4-6-16/h3-14H,1-2H3. The van der Waals surface area contributed by atoms with Crippen LogP contribution in [0.3, 0.4) is 0 Å². The summed E-state index contributed by atoms with van der Waals surface area (Å²) in [6.07, 6.45) is 3.84. The molecule has 0 radical (unpaired) electrons. The van der Waals surface area contributed by atoms with Gasteiger partial charge in [0.05, 0.1) is 21.6 Å². The summed E-state index contributed by atoms with van der Waals surface area (Å²) < 4.78 is 25.4. The van der Waals surface area contributed by atoms with Gasteiger partial charge < -0.3 is 4.57 Å². The van der Waals surface area contributed by atoms with Crippen LogP contribution in [-0.4, -0.2) is 30.5 Å². The number of carbonyl (C=O) groups is 1. The van der Waals surface area contributed by atoms with Gasteiger partial charge >= 0.3 is 0 Å². The molecule has 140 valence electrons. The lowest BCUT2D eigenvalue weighted by Gasteiger charge is -2.06. The predicted molar refractivity (Wildman–Crippen MR) is 110 cm³/mol. The third-order valence-corrected chi connectivity index (χ3v) is 5.98. The highest BCUT2D eigenvalue weighted by Gasteiger charge is 2.12. The van der Waals surface area contributed by atoms with Crippen LogP contribution in [0.25, 0.3) is 33.4 Å². The first-order valence-corrected chi connectivity index (χ1v) is 10.6. The maximum absolute atomic E-state index is 11.7. The van der Waals surface area contributed by atoms with Gasteiger partial charge in [0, 0.05) is 30.6 Å². The van der Waals surface area contributed by atoms with Crippen LogP contribution in [0.2, 0.25) is 0 Å². The minimum Gasteiger partial charge on any atom is -0.342 e. The quantitative estimate of drug-likeness (QED) is 0.492. The number of sulfone groups is 1. The van der Waals surface area contributed by atoms with Crippen molar-refractivity contribution in [2.24, 2.45) is 7.05 Å². The van der Waals surface area contributed by atoms with Crippen molar-refractivity contribution in [2.75, 3.05) is 6.26 Å². The number of carbonyl (C=O) groups excluding carboxylic acids is 1. The number of hydrogen-bond acceptors (Lipinski definition) is 4. The van der Waals surface area contributed by atoms with E-state index in [0.29, 0.717) is 10.5 Å². The molecular weight excluding hydrogens is 372 g/mol. The highest BCUT2D eigenvalue weighted by atomic mass is 32.2. The summed E-state index contributed by atoms with van der Waals surface area (Å²) in [5, 5.41) is 0. The van der Waals surface area contributed by atoms with Crippen molar-refractivity contribution in [2.45, 2.75) is 4.90 Å². The second-order valence-corrected chi connectivity index (χ2v) is 8.77. The van der Waals surface area contributed by atoms with Crippen LogP contribution < -0.4 is 0 Å². The van der Waals surface area contributed by atoms with E-state index >= 15 is 0 Å². The Morgan fingerprint density at radius 1 is 0.893 bits per heavy atom. The molecule has 0 amide bonds. The molecule has 28 heavy (non-hydrogen) atoms. The van der Waals surface area contributed by atoms with Crippen LogP contribution in [-0.2, 0) is 16.9 Å². The smallest absolute Gasteiger partial charge is 0.175 e. The first-order chi connectivity index (χ1) is 13.4. The first kappa shape index (κ1) is 18.1. The Morgan fingerprint density at radius 3 is 2.14 bits per heavy atom. The Labute approximate surface area is 163 Å². The van der Waals surface area contributed by atoms with Crippen LogP contribution in [0.4, 0.5) is 0 Å². The number of aryl methyl sites for hydroxylation is 1. The first-order valence-electron chi connectivity index (χ1n) is 8.68. The molecule has 2 aromatic carbocycles. The van der Waals surface area contributed by atoms with Crippen LogP contribution in [0, 0.1) is 0 Å². The zero-order valence-corrected chi connectivity index (χ0v) is 16.3. The van der Waals surface area contributed by atoms with E-state index in [9.17, 15) is 13.2 Å². The largest absolute Gasteiger partial charge is 0.342 e. The van der Waals surface area contributed by atoms with Crippen LogP contribution >= 0.6 is 0 Å². The Kier molecular flexibility index (Phi) is 4.35. The molecule has 0 aliphatic rings. The normalized spacial score (nSPS) is 11.6. The molecule has 0 fully saturated rings. The molecule has 0 bridgehead atoms. The van der Waals surface area contributed by atoms with Gasteiger partial charge in [0.15, 0.2) is 9.84 Å². The fraction of sp³-hybridized carbons (Fsp3) is 0.0909. The second-order valence-electron chi connectivity index (χ2n) is 6.75. The van der Waals surface area contributed by atoms with E-state index in [-0.39, 0.29) is 0 Å². The molecular formula is C22H18N2O3S. The van der Waals surface area contributed by atoms with Gasteiger partial charge in [0.2, 0.25) is 0 Å². The molecule has 4 rings (SSSR count). The summed E-state index contributed by atoms with van der Waals surface area (Å²) in [5.74, 6) is 0. The Morgan fingerprint density at radius 2 is 1.54 bits per heavy atom. The summed E-state index contributed by atoms with van der Waals surface area (Å²) in [6, 6.07) is 18.3. The Bertz CT molecular complexity index is 1290. The molecule has 5 nitrogen and oxygen atoms in total. The van der Waals surface area contributed by atoms with Crippen molar-refractivity contribution in [3.63, 3.8) is 0 Å². The molecule has 0 N–H and O–H groups in total. The minimum absolute atomic E-state index is 0.300. The summed E-state index contributed by atoms with van der Waals surface area (Å²) in [5.41, 5.74) is 6.29. The molecule has 0 aliphatic carbocycles. The van der Waals surface area contributed by atoms with E-state index in [2.05, 4.69) is 11.1 Å². The molecule has 0 atom stereocenters. The maximum Gasteiger partial charge on any atom is 0.175 e. The van der Waals surface area contributed by atoms with Crippen LogP contribution in [0.5, 0.6) is 0 Å². The van der Waals surface area contributed by atoms with E-state index in [0.717, 1.165) is 39.7 Å². The van der Waals surface area contributed by atoms with Gasteiger partial charge in [0.1, 0.15) is 6.29 Å². The van der Waals surface area contributed by atoms with Gasteiger partial charge in [-0.2, -0.15) is 0 Å². The fourth-order valence-electron chi connectivity index (χ4n) is 3.26. The lowest BCUT2D eigenvalue weighted by atomic mass is 10.1. The van der Waals surface area contributed by atoms with Crippen molar-refractivity contribution < 1.29 is 13.2 Å². The molecule has 2 heterocycles. The monoisotopic (exact) mass is 390 g/mol. The molecule has 0 unspecified atom stereocenters. The number of rotatable bonds is 4. The molecule has 6 heteroatoms. The number of hydrogen-bond donors (Lipinski definition) is 0. The number of benzene rings is 2. The number of fused-ring (bicyclic) bond motifs is 1. The topological polar surface area (TPSA) is 69.0 Å². The van der Waals surface area contributed by atoms with Gasteiger partial charge in [-0.25, -0.2) is 8.42 Å². The third-order valence-electron chi connectivity index (χ3n) is 4.85. The van der Waals surface area contributed by atoms with Gasteiger partial charge in [-0.3, -0.25) is 9.78 Å². The zero-order chi connectivity index (χ0) is 19.9. The number of aromatic nitrogens is 2. The molecule has 0 saturated heterocycles. The minimum atomic E-state index is -3.22. The van der Waals surface area contributed by atoms with E-state index in [1.807, 2.05) is 48.1 Å². The van der Waals surface area contributed by atoms with Crippen molar-refractivity contribution in [1.29, 1.82) is 0 Å². The third kappa shape index (κ3) is 3.23. The molecule has 0 spiro atoms. The van der Waals surface area contributed by atoms with E-state index < -0.39 is 9.84 Å². The summed E-state index contributed by atoms with van der Waals surface area (Å²) in [4.78, 5) is 15.7. The highest BCUT2D eigenvalue weighted by Crippen LogP contribution is 2.30. The van der Waals surface area contributed by atoms with Crippen molar-refractivity contribution in [1.82, 2.24) is 9.55 Å². The van der Waals surface area contributed by atoms with Crippen molar-refractivity contribution in [3.05, 3.63) is 72.4 Å². The number of aldehydes is 1. The SMILES string of the molecule is Cn1c(-c2ccc(S(C)(=O)=O)cc2)cc2ncc(-c3ccc(C=O)cc3)cc21. The van der Waals surface area contributed by atoms with Gasteiger partial charge in [0.25, 0.3) is 0 Å². The fourth-order valence-corrected chi connectivity index (χ4v) is 3.89. The van der Waals surface area contributed by atoms with E-state index in [1.54, 1.807) is 24.3 Å². The summed E-state index contributed by atoms with van der Waals surface area (Å²) in [7, 11) is -1.26. The predicted octanol–water partition coefficient (Wildman–Crippen LogP) is 4.12. The lowest BCUT2D eigenvalue weighted by Crippen LogP contribution is -1.97. The van der Waals surface area contributed by atoms with Gasteiger partial charge in [-0.15, -0.1) is 0 Å². The molecule has 0 aliphatic heterocycles. The highest BCUT2D eigenvalue weighted by molar-refractivity contribution is 7.90. The molecule has 4 aromatic rings. The number of nitrogens with zero attached hydrogens (tertiary/aromatic N) is 2. The Balaban J connectivity index is 1.77. The van der Waals surface area contributed by atoms with Crippen molar-refractivity contribution in [3.8, 4) is 22.4 Å².